The van der Waals surface area contributed by atoms with Gasteiger partial charge in [0.05, 0.1) is 21.3 Å². The molecule has 0 spiro atoms. The molecule has 2 amide bonds. The number of carbonyl (C=O) groups excluding carboxylic acids is 2. The maximum absolute atomic E-state index is 14.0. The van der Waals surface area contributed by atoms with E-state index in [1.807, 2.05) is 24.3 Å². The van der Waals surface area contributed by atoms with Gasteiger partial charge in [0.15, 0.2) is 17.5 Å². The Labute approximate surface area is 249 Å². The molecule has 1 saturated carbocycles. The summed E-state index contributed by atoms with van der Waals surface area (Å²) in [5.41, 5.74) is 1.46. The highest BCUT2D eigenvalue weighted by Crippen LogP contribution is 2.31. The van der Waals surface area contributed by atoms with E-state index in [9.17, 15) is 9.59 Å². The molecule has 1 atom stereocenters. The zero-order valence-electron chi connectivity index (χ0n) is 24.8. The second-order valence-electron chi connectivity index (χ2n) is 10.4. The largest absolute Gasteiger partial charge is 0.497 e. The third kappa shape index (κ3) is 6.96. The number of hydrogen-bond acceptors (Lipinski definition) is 9. The number of nitrogens with zero attached hydrogens (tertiary/aromatic N) is 5. The van der Waals surface area contributed by atoms with E-state index in [2.05, 4.69) is 20.7 Å². The minimum atomic E-state index is -1.00. The van der Waals surface area contributed by atoms with Crippen LogP contribution in [0.3, 0.4) is 0 Å². The van der Waals surface area contributed by atoms with Gasteiger partial charge in [-0.1, -0.05) is 25.0 Å². The number of hydrogen-bond donors (Lipinski definition) is 1. The monoisotopic (exact) mass is 588 g/mol. The molecule has 2 aromatic heterocycles. The molecule has 4 aromatic rings. The Kier molecular flexibility index (Phi) is 9.23. The SMILES string of the molecule is COc1ccc(CN(C(=O)Cn2nnc(-c3ccc(OC)c(OC)c3)n2)[C@@H](C(=O)NC2CCCC2)c2ccc(C)o2)cc1. The van der Waals surface area contributed by atoms with Crippen molar-refractivity contribution in [2.24, 2.45) is 0 Å². The molecular formula is C31H36N6O6. The Morgan fingerprint density at radius 3 is 2.40 bits per heavy atom. The van der Waals surface area contributed by atoms with Crippen LogP contribution in [0.15, 0.2) is 59.0 Å². The normalized spacial score (nSPS) is 13.9. The van der Waals surface area contributed by atoms with Crippen LogP contribution < -0.4 is 19.5 Å². The van der Waals surface area contributed by atoms with Crippen molar-refractivity contribution in [1.29, 1.82) is 0 Å². The Morgan fingerprint density at radius 1 is 1.00 bits per heavy atom. The van der Waals surface area contributed by atoms with Crippen molar-refractivity contribution in [3.63, 3.8) is 0 Å². The Morgan fingerprint density at radius 2 is 1.74 bits per heavy atom. The molecule has 2 heterocycles. The summed E-state index contributed by atoms with van der Waals surface area (Å²) in [6.07, 6.45) is 3.93. The highest BCUT2D eigenvalue weighted by molar-refractivity contribution is 5.88. The number of aryl methyl sites for hydroxylation is 1. The number of benzene rings is 2. The number of nitrogens with one attached hydrogen (secondary N) is 1. The lowest BCUT2D eigenvalue weighted by atomic mass is 10.1. The molecule has 5 rings (SSSR count). The summed E-state index contributed by atoms with van der Waals surface area (Å²) >= 11 is 0. The van der Waals surface area contributed by atoms with Crippen LogP contribution in [0.2, 0.25) is 0 Å². The highest BCUT2D eigenvalue weighted by atomic mass is 16.5. The predicted molar refractivity (Wildman–Crippen MR) is 156 cm³/mol. The molecule has 0 unspecified atom stereocenters. The maximum atomic E-state index is 14.0. The van der Waals surface area contributed by atoms with E-state index in [0.29, 0.717) is 40.2 Å². The molecule has 0 saturated heterocycles. The second kappa shape index (κ2) is 13.4. The molecule has 0 aliphatic heterocycles. The summed E-state index contributed by atoms with van der Waals surface area (Å²) < 4.78 is 21.9. The molecule has 1 aliphatic rings. The number of amides is 2. The third-order valence-corrected chi connectivity index (χ3v) is 7.50. The first-order chi connectivity index (χ1) is 20.9. The van der Waals surface area contributed by atoms with Crippen molar-refractivity contribution in [2.45, 2.75) is 57.8 Å². The van der Waals surface area contributed by atoms with Crippen molar-refractivity contribution >= 4 is 11.8 Å². The van der Waals surface area contributed by atoms with E-state index >= 15 is 0 Å². The van der Waals surface area contributed by atoms with Crippen LogP contribution >= 0.6 is 0 Å². The first-order valence-corrected chi connectivity index (χ1v) is 14.2. The minimum absolute atomic E-state index is 0.0602. The topological polar surface area (TPSA) is 134 Å². The Balaban J connectivity index is 1.45. The van der Waals surface area contributed by atoms with Crippen molar-refractivity contribution < 1.29 is 28.2 Å². The van der Waals surface area contributed by atoms with Crippen LogP contribution in [0, 0.1) is 6.92 Å². The highest BCUT2D eigenvalue weighted by Gasteiger charge is 2.36. The lowest BCUT2D eigenvalue weighted by molar-refractivity contribution is -0.143. The van der Waals surface area contributed by atoms with Crippen molar-refractivity contribution in [3.8, 4) is 28.6 Å². The number of ether oxygens (including phenoxy) is 3. The third-order valence-electron chi connectivity index (χ3n) is 7.50. The van der Waals surface area contributed by atoms with Crippen LogP contribution in [0.4, 0.5) is 0 Å². The number of furan rings is 1. The van der Waals surface area contributed by atoms with E-state index in [1.165, 1.54) is 9.70 Å². The molecular weight excluding hydrogens is 552 g/mol. The average Bonchev–Trinajstić information content (AvgIpc) is 3.80. The number of rotatable bonds is 12. The fourth-order valence-corrected chi connectivity index (χ4v) is 5.24. The fourth-order valence-electron chi connectivity index (χ4n) is 5.24. The zero-order chi connectivity index (χ0) is 30.3. The average molecular weight is 589 g/mol. The van der Waals surface area contributed by atoms with Gasteiger partial charge in [-0.3, -0.25) is 9.59 Å². The molecule has 43 heavy (non-hydrogen) atoms. The number of methoxy groups -OCH3 is 3. The summed E-state index contributed by atoms with van der Waals surface area (Å²) in [4.78, 5) is 30.6. The predicted octanol–water partition coefficient (Wildman–Crippen LogP) is 4.10. The minimum Gasteiger partial charge on any atom is -0.497 e. The van der Waals surface area contributed by atoms with Gasteiger partial charge in [-0.25, -0.2) is 0 Å². The quantitative estimate of drug-likeness (QED) is 0.260. The van der Waals surface area contributed by atoms with Crippen LogP contribution in [0.5, 0.6) is 17.2 Å². The van der Waals surface area contributed by atoms with Crippen molar-refractivity contribution in [3.05, 3.63) is 71.7 Å². The standard InChI is InChI=1S/C31H36N6O6/c1-20-9-15-26(43-20)29(31(39)32-23-7-5-6-8-23)36(18-21-10-13-24(40-2)14-11-21)28(38)19-37-34-30(33-35-37)22-12-16-25(41-3)27(17-22)42-4/h9-17,23,29H,5-8,18-19H2,1-4H3,(H,32,39)/t29-/m1/s1. The van der Waals surface area contributed by atoms with Crippen LogP contribution in [0.1, 0.15) is 48.8 Å². The maximum Gasteiger partial charge on any atom is 0.250 e. The molecule has 226 valence electrons. The molecule has 1 aliphatic carbocycles. The molecule has 0 bridgehead atoms. The van der Waals surface area contributed by atoms with Gasteiger partial charge < -0.3 is 28.8 Å². The van der Waals surface area contributed by atoms with Crippen LogP contribution in [-0.4, -0.2) is 64.3 Å². The zero-order valence-corrected chi connectivity index (χ0v) is 24.8. The number of aromatic nitrogens is 4. The van der Waals surface area contributed by atoms with E-state index in [0.717, 1.165) is 31.2 Å². The summed E-state index contributed by atoms with van der Waals surface area (Å²) in [6.45, 7) is 1.70. The lowest BCUT2D eigenvalue weighted by Gasteiger charge is -2.30. The van der Waals surface area contributed by atoms with Gasteiger partial charge in [-0.2, -0.15) is 4.80 Å². The van der Waals surface area contributed by atoms with E-state index in [-0.39, 0.29) is 30.9 Å². The van der Waals surface area contributed by atoms with Crippen LogP contribution in [-0.2, 0) is 22.7 Å². The summed E-state index contributed by atoms with van der Waals surface area (Å²) in [5, 5.41) is 15.9. The van der Waals surface area contributed by atoms with Gasteiger partial charge in [-0.15, -0.1) is 10.2 Å². The fraction of sp³-hybridized carbons (Fsp3) is 0.387. The smallest absolute Gasteiger partial charge is 0.250 e. The number of tetrazole rings is 1. The molecule has 2 aromatic carbocycles. The van der Waals surface area contributed by atoms with Crippen LogP contribution in [0.25, 0.3) is 11.4 Å². The number of carbonyl (C=O) groups is 2. The van der Waals surface area contributed by atoms with E-state index < -0.39 is 6.04 Å². The van der Waals surface area contributed by atoms with Gasteiger partial charge in [0.2, 0.25) is 11.7 Å². The molecule has 0 radical (unpaired) electrons. The molecule has 1 N–H and O–H groups in total. The summed E-state index contributed by atoms with van der Waals surface area (Å²) in [7, 11) is 4.69. The van der Waals surface area contributed by atoms with Gasteiger partial charge in [0.25, 0.3) is 5.91 Å². The van der Waals surface area contributed by atoms with E-state index in [1.54, 1.807) is 58.6 Å². The van der Waals surface area contributed by atoms with Crippen molar-refractivity contribution in [2.75, 3.05) is 21.3 Å². The first kappa shape index (κ1) is 29.6. The van der Waals surface area contributed by atoms with Gasteiger partial charge >= 0.3 is 0 Å². The molecule has 1 fully saturated rings. The lowest BCUT2D eigenvalue weighted by Crippen LogP contribution is -2.46. The van der Waals surface area contributed by atoms with Crippen molar-refractivity contribution in [1.82, 2.24) is 30.4 Å². The second-order valence-corrected chi connectivity index (χ2v) is 10.4. The molecule has 12 nitrogen and oxygen atoms in total. The van der Waals surface area contributed by atoms with Gasteiger partial charge in [0, 0.05) is 18.2 Å². The first-order valence-electron chi connectivity index (χ1n) is 14.2. The van der Waals surface area contributed by atoms with Gasteiger partial charge in [-0.05, 0) is 73.0 Å². The summed E-state index contributed by atoms with van der Waals surface area (Å²) in [5.74, 6) is 2.44. The summed E-state index contributed by atoms with van der Waals surface area (Å²) in [6, 6.07) is 15.2. The van der Waals surface area contributed by atoms with E-state index in [4.69, 9.17) is 18.6 Å². The van der Waals surface area contributed by atoms with Gasteiger partial charge in [0.1, 0.15) is 23.8 Å². The Hall–Kier alpha value is -4.87. The Bertz CT molecular complexity index is 1540. The molecule has 12 heteroatoms.